The van der Waals surface area contributed by atoms with Crippen molar-refractivity contribution >= 4 is 15.9 Å². The van der Waals surface area contributed by atoms with E-state index in [1.165, 1.54) is 12.8 Å². The van der Waals surface area contributed by atoms with Crippen LogP contribution in [0.1, 0.15) is 18.4 Å². The quantitative estimate of drug-likeness (QED) is 0.892. The van der Waals surface area contributed by atoms with Crippen molar-refractivity contribution in [3.8, 4) is 5.75 Å². The van der Waals surface area contributed by atoms with E-state index in [0.717, 1.165) is 28.3 Å². The Labute approximate surface area is 98.4 Å². The summed E-state index contributed by atoms with van der Waals surface area (Å²) in [6, 6.07) is 5.96. The first kappa shape index (κ1) is 11.0. The first-order valence-corrected chi connectivity index (χ1v) is 6.11. The normalized spacial score (nSPS) is 15.3. The number of rotatable bonds is 5. The summed E-state index contributed by atoms with van der Waals surface area (Å²) in [6.07, 6.45) is 3.25. The minimum absolute atomic E-state index is 0.163. The zero-order valence-corrected chi connectivity index (χ0v) is 10.2. The molecule has 1 aromatic carbocycles. The lowest BCUT2D eigenvalue weighted by Gasteiger charge is -2.10. The predicted octanol–water partition coefficient (Wildman–Crippen LogP) is 2.77. The van der Waals surface area contributed by atoms with E-state index < -0.39 is 0 Å². The van der Waals surface area contributed by atoms with Gasteiger partial charge in [-0.05, 0) is 48.9 Å². The first-order chi connectivity index (χ1) is 7.29. The highest BCUT2D eigenvalue weighted by molar-refractivity contribution is 9.10. The molecule has 1 fully saturated rings. The maximum atomic E-state index is 8.95. The molecule has 1 aromatic rings. The molecule has 1 aliphatic rings. The van der Waals surface area contributed by atoms with Crippen LogP contribution in [-0.4, -0.2) is 18.3 Å². The van der Waals surface area contributed by atoms with Crippen LogP contribution in [-0.2, 0) is 6.42 Å². The number of hydrogen-bond acceptors (Lipinski definition) is 2. The number of benzene rings is 1. The lowest BCUT2D eigenvalue weighted by molar-refractivity contribution is 0.281. The molecule has 1 saturated carbocycles. The molecule has 0 unspecified atom stereocenters. The molecule has 1 N–H and O–H groups in total. The smallest absolute Gasteiger partial charge is 0.122 e. The second-order valence-electron chi connectivity index (χ2n) is 3.98. The third-order valence-corrected chi connectivity index (χ3v) is 3.07. The van der Waals surface area contributed by atoms with E-state index in [2.05, 4.69) is 15.9 Å². The number of aliphatic hydroxyl groups excluding tert-OH is 1. The van der Waals surface area contributed by atoms with Crippen molar-refractivity contribution in [2.75, 3.05) is 13.2 Å². The van der Waals surface area contributed by atoms with Crippen molar-refractivity contribution in [3.05, 3.63) is 28.2 Å². The first-order valence-electron chi connectivity index (χ1n) is 5.31. The molecule has 0 heterocycles. The van der Waals surface area contributed by atoms with Gasteiger partial charge in [-0.1, -0.05) is 15.9 Å². The summed E-state index contributed by atoms with van der Waals surface area (Å²) in [5.41, 5.74) is 1.08. The lowest BCUT2D eigenvalue weighted by atomic mass is 10.1. The fourth-order valence-corrected chi connectivity index (χ4v) is 1.91. The molecule has 0 aliphatic heterocycles. The molecule has 2 rings (SSSR count). The minimum atomic E-state index is 0.163. The molecular weight excluding hydrogens is 256 g/mol. The zero-order chi connectivity index (χ0) is 10.7. The topological polar surface area (TPSA) is 29.5 Å². The van der Waals surface area contributed by atoms with Gasteiger partial charge in [0.2, 0.25) is 0 Å². The molecule has 0 amide bonds. The van der Waals surface area contributed by atoms with E-state index in [-0.39, 0.29) is 6.61 Å². The Bertz CT molecular complexity index is 334. The van der Waals surface area contributed by atoms with Gasteiger partial charge < -0.3 is 9.84 Å². The molecule has 3 heteroatoms. The molecule has 82 valence electrons. The van der Waals surface area contributed by atoms with Gasteiger partial charge in [-0.15, -0.1) is 0 Å². The van der Waals surface area contributed by atoms with Crippen LogP contribution in [0, 0.1) is 5.92 Å². The third-order valence-electron chi connectivity index (χ3n) is 2.58. The highest BCUT2D eigenvalue weighted by Gasteiger charge is 2.22. The highest BCUT2D eigenvalue weighted by Crippen LogP contribution is 2.31. The summed E-state index contributed by atoms with van der Waals surface area (Å²) in [5, 5.41) is 8.95. The van der Waals surface area contributed by atoms with Gasteiger partial charge in [0.1, 0.15) is 5.75 Å². The van der Waals surface area contributed by atoms with E-state index in [1.807, 2.05) is 18.2 Å². The molecule has 0 radical (unpaired) electrons. The molecule has 0 bridgehead atoms. The Hall–Kier alpha value is -0.540. The number of halogens is 1. The second kappa shape index (κ2) is 4.99. The fourth-order valence-electron chi connectivity index (χ4n) is 1.50. The van der Waals surface area contributed by atoms with Crippen LogP contribution in [0.2, 0.25) is 0 Å². The van der Waals surface area contributed by atoms with Crippen LogP contribution < -0.4 is 4.74 Å². The van der Waals surface area contributed by atoms with E-state index in [4.69, 9.17) is 9.84 Å². The minimum Gasteiger partial charge on any atom is -0.493 e. The van der Waals surface area contributed by atoms with E-state index in [9.17, 15) is 0 Å². The maximum Gasteiger partial charge on any atom is 0.122 e. The highest BCUT2D eigenvalue weighted by atomic mass is 79.9. The average Bonchev–Trinajstić information content (AvgIpc) is 3.01. The summed E-state index contributed by atoms with van der Waals surface area (Å²) in [7, 11) is 0. The van der Waals surface area contributed by atoms with E-state index in [1.54, 1.807) is 0 Å². The van der Waals surface area contributed by atoms with Gasteiger partial charge in [-0.2, -0.15) is 0 Å². The Morgan fingerprint density at radius 1 is 1.40 bits per heavy atom. The van der Waals surface area contributed by atoms with Crippen molar-refractivity contribution in [2.45, 2.75) is 19.3 Å². The second-order valence-corrected chi connectivity index (χ2v) is 4.90. The summed E-state index contributed by atoms with van der Waals surface area (Å²) in [4.78, 5) is 0. The third kappa shape index (κ3) is 3.21. The molecule has 0 atom stereocenters. The summed E-state index contributed by atoms with van der Waals surface area (Å²) < 4.78 is 6.77. The van der Waals surface area contributed by atoms with Gasteiger partial charge in [0.15, 0.2) is 0 Å². The standard InChI is InChI=1S/C12H15BrO2/c13-11-3-4-12(10(7-11)5-6-14)15-8-9-1-2-9/h3-4,7,9,14H,1-2,5-6,8H2. The molecule has 0 saturated heterocycles. The van der Waals surface area contributed by atoms with Crippen molar-refractivity contribution in [3.63, 3.8) is 0 Å². The van der Waals surface area contributed by atoms with E-state index >= 15 is 0 Å². The van der Waals surface area contributed by atoms with Gasteiger partial charge in [0, 0.05) is 11.1 Å². The number of hydrogen-bond donors (Lipinski definition) is 1. The molecule has 2 nitrogen and oxygen atoms in total. The van der Waals surface area contributed by atoms with Crippen LogP contribution in [0.4, 0.5) is 0 Å². The van der Waals surface area contributed by atoms with E-state index in [0.29, 0.717) is 6.42 Å². The number of aliphatic hydroxyl groups is 1. The largest absolute Gasteiger partial charge is 0.493 e. The molecule has 0 spiro atoms. The maximum absolute atomic E-state index is 8.95. The van der Waals surface area contributed by atoms with Crippen LogP contribution in [0.3, 0.4) is 0 Å². The SMILES string of the molecule is OCCc1cc(Br)ccc1OCC1CC1. The van der Waals surface area contributed by atoms with Crippen LogP contribution in [0.15, 0.2) is 22.7 Å². The Balaban J connectivity index is 2.04. The number of ether oxygens (including phenoxy) is 1. The van der Waals surface area contributed by atoms with Gasteiger partial charge >= 0.3 is 0 Å². The molecule has 0 aromatic heterocycles. The Morgan fingerprint density at radius 3 is 2.87 bits per heavy atom. The van der Waals surface area contributed by atoms with Gasteiger partial charge in [0.25, 0.3) is 0 Å². The summed E-state index contributed by atoms with van der Waals surface area (Å²) in [5.74, 6) is 1.68. The molecule has 1 aliphatic carbocycles. The summed E-state index contributed by atoms with van der Waals surface area (Å²) >= 11 is 3.42. The van der Waals surface area contributed by atoms with Crippen LogP contribution in [0.5, 0.6) is 5.75 Å². The van der Waals surface area contributed by atoms with Crippen molar-refractivity contribution in [1.82, 2.24) is 0 Å². The van der Waals surface area contributed by atoms with Gasteiger partial charge in [0.05, 0.1) is 6.61 Å². The lowest BCUT2D eigenvalue weighted by Crippen LogP contribution is -2.03. The zero-order valence-electron chi connectivity index (χ0n) is 8.58. The molecule has 15 heavy (non-hydrogen) atoms. The Kier molecular flexibility index (Phi) is 3.65. The average molecular weight is 271 g/mol. The fraction of sp³-hybridized carbons (Fsp3) is 0.500. The molecular formula is C12H15BrO2. The predicted molar refractivity (Wildman–Crippen MR) is 63.2 cm³/mol. The van der Waals surface area contributed by atoms with Crippen molar-refractivity contribution in [1.29, 1.82) is 0 Å². The summed E-state index contributed by atoms with van der Waals surface area (Å²) in [6.45, 7) is 0.982. The van der Waals surface area contributed by atoms with Gasteiger partial charge in [-0.25, -0.2) is 0 Å². The van der Waals surface area contributed by atoms with Gasteiger partial charge in [-0.3, -0.25) is 0 Å². The monoisotopic (exact) mass is 270 g/mol. The van der Waals surface area contributed by atoms with Crippen molar-refractivity contribution < 1.29 is 9.84 Å². The van der Waals surface area contributed by atoms with Crippen molar-refractivity contribution in [2.24, 2.45) is 5.92 Å². The Morgan fingerprint density at radius 2 is 2.20 bits per heavy atom. The van der Waals surface area contributed by atoms with Crippen LogP contribution in [0.25, 0.3) is 0 Å². The van der Waals surface area contributed by atoms with Crippen LogP contribution >= 0.6 is 15.9 Å².